The summed E-state index contributed by atoms with van der Waals surface area (Å²) >= 11 is 5.85. The summed E-state index contributed by atoms with van der Waals surface area (Å²) in [4.78, 5) is 10.4. The maximum Gasteiger partial charge on any atom is 0.226 e. The van der Waals surface area contributed by atoms with Crippen LogP contribution in [-0.4, -0.2) is 52.3 Å². The van der Waals surface area contributed by atoms with Crippen molar-refractivity contribution in [2.24, 2.45) is 0 Å². The van der Waals surface area contributed by atoms with E-state index in [1.165, 1.54) is 0 Å². The van der Waals surface area contributed by atoms with Crippen LogP contribution < -0.4 is 5.32 Å². The molecule has 0 saturated heterocycles. The fourth-order valence-corrected chi connectivity index (χ4v) is 1.74. The van der Waals surface area contributed by atoms with E-state index in [9.17, 15) is 0 Å². The van der Waals surface area contributed by atoms with Crippen LogP contribution in [0.1, 0.15) is 5.69 Å². The van der Waals surface area contributed by atoms with Crippen molar-refractivity contribution in [2.75, 3.05) is 32.5 Å². The van der Waals surface area contributed by atoms with Crippen molar-refractivity contribution in [3.05, 3.63) is 11.0 Å². The molecule has 0 fully saturated rings. The van der Waals surface area contributed by atoms with Crippen LogP contribution in [0.5, 0.6) is 0 Å². The minimum absolute atomic E-state index is 0.216. The van der Waals surface area contributed by atoms with Gasteiger partial charge in [0.15, 0.2) is 5.65 Å². The van der Waals surface area contributed by atoms with E-state index in [2.05, 4.69) is 30.4 Å². The van der Waals surface area contributed by atoms with E-state index in [4.69, 9.17) is 11.6 Å². The van der Waals surface area contributed by atoms with E-state index in [0.29, 0.717) is 5.65 Å². The Bertz CT molecular complexity index is 521. The molecule has 2 aromatic rings. The molecule has 2 heterocycles. The third-order valence-electron chi connectivity index (χ3n) is 2.42. The summed E-state index contributed by atoms with van der Waals surface area (Å²) < 4.78 is 0. The molecule has 0 atom stereocenters. The Balaban J connectivity index is 2.28. The zero-order chi connectivity index (χ0) is 12.4. The molecule has 0 aromatic carbocycles. The largest absolute Gasteiger partial charge is 0.368 e. The fraction of sp³-hybridized carbons (Fsp3) is 0.500. The van der Waals surface area contributed by atoms with Crippen molar-refractivity contribution in [3.8, 4) is 0 Å². The van der Waals surface area contributed by atoms with Crippen LogP contribution >= 0.6 is 11.6 Å². The molecule has 6 nitrogen and oxygen atoms in total. The standard InChI is InChI=1S/C10H15ClN6/c1-6-7-8(12-4-5-17(2)3)13-10(11)14-9(7)16-15-6/h4-5H2,1-3H3,(H2,12,13,14,15,16). The van der Waals surface area contributed by atoms with E-state index in [0.717, 1.165) is 30.0 Å². The summed E-state index contributed by atoms with van der Waals surface area (Å²) in [7, 11) is 4.04. The summed E-state index contributed by atoms with van der Waals surface area (Å²) in [6.07, 6.45) is 0. The van der Waals surface area contributed by atoms with Gasteiger partial charge in [0.1, 0.15) is 5.82 Å². The molecule has 0 aliphatic rings. The lowest BCUT2D eigenvalue weighted by Crippen LogP contribution is -2.21. The summed E-state index contributed by atoms with van der Waals surface area (Å²) in [6.45, 7) is 3.62. The van der Waals surface area contributed by atoms with Crippen molar-refractivity contribution in [1.82, 2.24) is 25.1 Å². The lowest BCUT2D eigenvalue weighted by molar-refractivity contribution is 0.425. The van der Waals surface area contributed by atoms with Gasteiger partial charge in [0.2, 0.25) is 5.28 Å². The van der Waals surface area contributed by atoms with E-state index in [1.807, 2.05) is 21.0 Å². The molecule has 2 rings (SSSR count). The Morgan fingerprint density at radius 1 is 1.35 bits per heavy atom. The maximum atomic E-state index is 5.85. The Labute approximate surface area is 104 Å². The Hall–Kier alpha value is -1.40. The zero-order valence-corrected chi connectivity index (χ0v) is 10.8. The van der Waals surface area contributed by atoms with Gasteiger partial charge in [-0.3, -0.25) is 5.10 Å². The monoisotopic (exact) mass is 254 g/mol. The number of rotatable bonds is 4. The first-order valence-corrected chi connectivity index (χ1v) is 5.72. The number of aromatic nitrogens is 4. The van der Waals surface area contributed by atoms with Gasteiger partial charge in [-0.25, -0.2) is 0 Å². The molecule has 0 amide bonds. The minimum Gasteiger partial charge on any atom is -0.368 e. The van der Waals surface area contributed by atoms with E-state index in [-0.39, 0.29) is 5.28 Å². The van der Waals surface area contributed by atoms with E-state index < -0.39 is 0 Å². The molecule has 17 heavy (non-hydrogen) atoms. The lowest BCUT2D eigenvalue weighted by atomic mass is 10.3. The quantitative estimate of drug-likeness (QED) is 0.805. The lowest BCUT2D eigenvalue weighted by Gasteiger charge is -2.11. The SMILES string of the molecule is Cc1n[nH]c2nc(Cl)nc(NCCN(C)C)c12. The Kier molecular flexibility index (Phi) is 3.44. The first-order chi connectivity index (χ1) is 8.08. The van der Waals surface area contributed by atoms with Crippen molar-refractivity contribution in [2.45, 2.75) is 6.92 Å². The van der Waals surface area contributed by atoms with Crippen LogP contribution in [0.4, 0.5) is 5.82 Å². The van der Waals surface area contributed by atoms with Gasteiger partial charge in [0.25, 0.3) is 0 Å². The molecule has 0 spiro atoms. The van der Waals surface area contributed by atoms with Crippen molar-refractivity contribution >= 4 is 28.5 Å². The molecule has 92 valence electrons. The van der Waals surface area contributed by atoms with Crippen molar-refractivity contribution < 1.29 is 0 Å². The second-order valence-electron chi connectivity index (χ2n) is 4.10. The third-order valence-corrected chi connectivity index (χ3v) is 2.59. The molecule has 2 aromatic heterocycles. The Morgan fingerprint density at radius 3 is 2.82 bits per heavy atom. The number of anilines is 1. The van der Waals surface area contributed by atoms with Crippen LogP contribution in [0.15, 0.2) is 0 Å². The van der Waals surface area contributed by atoms with Gasteiger partial charge in [-0.2, -0.15) is 15.1 Å². The summed E-state index contributed by atoms with van der Waals surface area (Å²) in [5, 5.41) is 11.3. The fourth-order valence-electron chi connectivity index (χ4n) is 1.58. The van der Waals surface area contributed by atoms with E-state index >= 15 is 0 Å². The Morgan fingerprint density at radius 2 is 2.12 bits per heavy atom. The predicted molar refractivity (Wildman–Crippen MR) is 68.5 cm³/mol. The number of aromatic amines is 1. The van der Waals surface area contributed by atoms with Crippen LogP contribution in [0, 0.1) is 6.92 Å². The highest BCUT2D eigenvalue weighted by atomic mass is 35.5. The summed E-state index contributed by atoms with van der Waals surface area (Å²) in [5.74, 6) is 0.730. The molecular formula is C10H15ClN6. The second-order valence-corrected chi connectivity index (χ2v) is 4.44. The van der Waals surface area contributed by atoms with Gasteiger partial charge in [-0.15, -0.1) is 0 Å². The molecule has 0 aliphatic heterocycles. The number of H-pyrrole nitrogens is 1. The molecule has 0 saturated carbocycles. The number of likely N-dealkylation sites (N-methyl/N-ethyl adjacent to an activating group) is 1. The average Bonchev–Trinajstić information content (AvgIpc) is 2.59. The third kappa shape index (κ3) is 2.65. The predicted octanol–water partition coefficient (Wildman–Crippen LogP) is 1.29. The molecule has 7 heteroatoms. The first kappa shape index (κ1) is 12.1. The van der Waals surface area contributed by atoms with Crippen molar-refractivity contribution in [3.63, 3.8) is 0 Å². The molecule has 2 N–H and O–H groups in total. The average molecular weight is 255 g/mol. The highest BCUT2D eigenvalue weighted by Crippen LogP contribution is 2.22. The van der Waals surface area contributed by atoms with Gasteiger partial charge in [0.05, 0.1) is 11.1 Å². The number of aryl methyl sites for hydroxylation is 1. The van der Waals surface area contributed by atoms with Crippen LogP contribution in [0.3, 0.4) is 0 Å². The van der Waals surface area contributed by atoms with Crippen LogP contribution in [0.2, 0.25) is 5.28 Å². The van der Waals surface area contributed by atoms with Gasteiger partial charge in [0, 0.05) is 13.1 Å². The number of fused-ring (bicyclic) bond motifs is 1. The first-order valence-electron chi connectivity index (χ1n) is 5.34. The zero-order valence-electron chi connectivity index (χ0n) is 10.1. The molecule has 0 bridgehead atoms. The van der Waals surface area contributed by atoms with Gasteiger partial charge < -0.3 is 10.2 Å². The van der Waals surface area contributed by atoms with E-state index in [1.54, 1.807) is 0 Å². The molecule has 0 radical (unpaired) electrons. The number of halogens is 1. The van der Waals surface area contributed by atoms with Crippen molar-refractivity contribution in [1.29, 1.82) is 0 Å². The van der Waals surface area contributed by atoms with Crippen LogP contribution in [-0.2, 0) is 0 Å². The molecule has 0 unspecified atom stereocenters. The highest BCUT2D eigenvalue weighted by Gasteiger charge is 2.11. The highest BCUT2D eigenvalue weighted by molar-refractivity contribution is 6.28. The number of nitrogens with zero attached hydrogens (tertiary/aromatic N) is 4. The number of hydrogen-bond acceptors (Lipinski definition) is 5. The van der Waals surface area contributed by atoms with Gasteiger partial charge in [-0.1, -0.05) is 0 Å². The number of nitrogens with one attached hydrogen (secondary N) is 2. The molecular weight excluding hydrogens is 240 g/mol. The van der Waals surface area contributed by atoms with Gasteiger partial charge >= 0.3 is 0 Å². The number of hydrogen-bond donors (Lipinski definition) is 2. The molecule has 0 aliphatic carbocycles. The van der Waals surface area contributed by atoms with Crippen LogP contribution in [0.25, 0.3) is 11.0 Å². The maximum absolute atomic E-state index is 5.85. The van der Waals surface area contributed by atoms with Gasteiger partial charge in [-0.05, 0) is 32.6 Å². The summed E-state index contributed by atoms with van der Waals surface area (Å²) in [6, 6.07) is 0. The summed E-state index contributed by atoms with van der Waals surface area (Å²) in [5.41, 5.74) is 1.53. The topological polar surface area (TPSA) is 69.7 Å². The smallest absolute Gasteiger partial charge is 0.226 e. The normalized spacial score (nSPS) is 11.4. The minimum atomic E-state index is 0.216. The second kappa shape index (κ2) is 4.85.